The zero-order chi connectivity index (χ0) is 27.9. The topological polar surface area (TPSA) is 175 Å². The van der Waals surface area contributed by atoms with E-state index >= 15 is 0 Å². The van der Waals surface area contributed by atoms with Crippen LogP contribution in [0.3, 0.4) is 0 Å². The van der Waals surface area contributed by atoms with E-state index in [0.29, 0.717) is 38.8 Å². The van der Waals surface area contributed by atoms with Crippen LogP contribution in [0.5, 0.6) is 0 Å². The number of methoxy groups -OCH3 is 1. The molecule has 4 aliphatic rings. The fourth-order valence-electron chi connectivity index (χ4n) is 6.21. The molecule has 2 saturated heterocycles. The Morgan fingerprint density at radius 1 is 1.16 bits per heavy atom. The number of carboxylic acid groups (broad SMARTS) is 1. The summed E-state index contributed by atoms with van der Waals surface area (Å²) in [5, 5.41) is 25.9. The molecular weight excluding hydrogens is 518 g/mol. The number of fused-ring (bicyclic) bond motifs is 4. The highest BCUT2D eigenvalue weighted by molar-refractivity contribution is 6.60. The highest BCUT2D eigenvalue weighted by Gasteiger charge is 2.79. The zero-order valence-electron chi connectivity index (χ0n) is 22.4. The lowest BCUT2D eigenvalue weighted by molar-refractivity contribution is -0.151. The van der Waals surface area contributed by atoms with Crippen molar-refractivity contribution in [3.63, 3.8) is 0 Å². The number of nitrogens with one attached hydrogen (secondary N) is 2. The molecule has 4 rings (SSSR count). The quantitative estimate of drug-likeness (QED) is 0.0988. The molecule has 212 valence electrons. The number of ether oxygens (including phenoxy) is 2. The largest absolute Gasteiger partial charge is 0.501 e. The van der Waals surface area contributed by atoms with Gasteiger partial charge in [0.1, 0.15) is 5.54 Å². The van der Waals surface area contributed by atoms with Crippen LogP contribution in [0, 0.1) is 0 Å². The molecular formula is C24H37N3O10Si. The van der Waals surface area contributed by atoms with Gasteiger partial charge in [0, 0.05) is 51.1 Å². The van der Waals surface area contributed by atoms with E-state index in [-0.39, 0.29) is 35.3 Å². The van der Waals surface area contributed by atoms with Crippen molar-refractivity contribution in [2.24, 2.45) is 0 Å². The van der Waals surface area contributed by atoms with E-state index in [1.54, 1.807) is 4.90 Å². The molecule has 2 fully saturated rings. The number of carbonyl (C=O) groups excluding carboxylic acids is 2. The number of ketones is 2. The molecule has 14 heteroatoms. The SMILES string of the molecule is CCO[Si](CCCOC1=C(C)C(=O)C2=C(C1=O)C(CO)(NC(=O)O)C1(OC)C3NC3CN21)(OCC)OCC. The average Bonchev–Trinajstić information content (AvgIpc) is 3.50. The minimum Gasteiger partial charge on any atom is -0.489 e. The molecule has 13 nitrogen and oxygen atoms in total. The van der Waals surface area contributed by atoms with Gasteiger partial charge in [-0.05, 0) is 34.1 Å². The third-order valence-electron chi connectivity index (χ3n) is 7.60. The minimum absolute atomic E-state index is 0.0361. The van der Waals surface area contributed by atoms with Crippen LogP contribution in [-0.4, -0.2) is 112 Å². The molecule has 3 aliphatic heterocycles. The van der Waals surface area contributed by atoms with Crippen LogP contribution in [-0.2, 0) is 32.3 Å². The molecule has 1 amide bonds. The van der Waals surface area contributed by atoms with Crippen molar-refractivity contribution < 1.29 is 47.3 Å². The van der Waals surface area contributed by atoms with Gasteiger partial charge in [-0.25, -0.2) is 4.79 Å². The summed E-state index contributed by atoms with van der Waals surface area (Å²) in [7, 11) is -1.55. The second-order valence-corrected chi connectivity index (χ2v) is 12.3. The first-order chi connectivity index (χ1) is 18.1. The molecule has 0 radical (unpaired) electrons. The Hall–Kier alpha value is -2.33. The normalized spacial score (nSPS) is 30.0. The average molecular weight is 556 g/mol. The minimum atomic E-state index is -2.93. The predicted molar refractivity (Wildman–Crippen MR) is 134 cm³/mol. The number of hydrogen-bond acceptors (Lipinski definition) is 11. The van der Waals surface area contributed by atoms with Crippen molar-refractivity contribution >= 4 is 26.5 Å². The number of aliphatic hydroxyl groups excluding tert-OH is 1. The van der Waals surface area contributed by atoms with Crippen LogP contribution in [0.25, 0.3) is 0 Å². The van der Waals surface area contributed by atoms with Gasteiger partial charge in [-0.15, -0.1) is 0 Å². The van der Waals surface area contributed by atoms with E-state index in [4.69, 9.17) is 22.8 Å². The lowest BCUT2D eigenvalue weighted by Gasteiger charge is -2.46. The maximum absolute atomic E-state index is 13.9. The lowest BCUT2D eigenvalue weighted by Crippen LogP contribution is -2.72. The summed E-state index contributed by atoms with van der Waals surface area (Å²) in [6.07, 6.45) is -1.04. The van der Waals surface area contributed by atoms with Crippen molar-refractivity contribution in [1.82, 2.24) is 15.5 Å². The van der Waals surface area contributed by atoms with E-state index in [0.717, 1.165) is 0 Å². The monoisotopic (exact) mass is 555 g/mol. The molecule has 0 aromatic heterocycles. The molecule has 38 heavy (non-hydrogen) atoms. The van der Waals surface area contributed by atoms with Crippen LogP contribution in [0.2, 0.25) is 6.04 Å². The van der Waals surface area contributed by atoms with Gasteiger partial charge >= 0.3 is 14.9 Å². The Morgan fingerprint density at radius 2 is 1.79 bits per heavy atom. The number of Topliss-reactive ketones (excluding diaryl/α,β-unsaturated/α-hetero) is 2. The predicted octanol–water partition coefficient (Wildman–Crippen LogP) is 0.132. The highest BCUT2D eigenvalue weighted by Crippen LogP contribution is 2.57. The maximum Gasteiger partial charge on any atom is 0.501 e. The van der Waals surface area contributed by atoms with Crippen molar-refractivity contribution in [2.75, 3.05) is 46.7 Å². The lowest BCUT2D eigenvalue weighted by atomic mass is 9.76. The first kappa shape index (κ1) is 28.7. The summed E-state index contributed by atoms with van der Waals surface area (Å²) in [5.41, 5.74) is -3.42. The Bertz CT molecular complexity index is 1050. The second kappa shape index (κ2) is 10.7. The first-order valence-corrected chi connectivity index (χ1v) is 14.9. The summed E-state index contributed by atoms with van der Waals surface area (Å²) < 4.78 is 29.3. The van der Waals surface area contributed by atoms with Crippen LogP contribution in [0.1, 0.15) is 34.1 Å². The third kappa shape index (κ3) is 4.09. The maximum atomic E-state index is 13.9. The Kier molecular flexibility index (Phi) is 8.05. The van der Waals surface area contributed by atoms with E-state index in [2.05, 4.69) is 10.6 Å². The summed E-state index contributed by atoms with van der Waals surface area (Å²) in [6.45, 7) is 7.96. The van der Waals surface area contributed by atoms with Crippen LogP contribution in [0.4, 0.5) is 4.79 Å². The standard InChI is InChI=1S/C24H37N3O10Si/c1-6-35-38(36-7-2,37-8-3)11-9-10-34-20-14(4)18(29)17-16(19(20)30)23(13-28,26-22(31)32)24(33-5)21-15(25-21)12-27(17)24/h15,21,25-26,28H,6-13H2,1-5H3,(H,31,32). The number of aliphatic hydroxyl groups is 1. The van der Waals surface area contributed by atoms with Crippen molar-refractivity contribution in [1.29, 1.82) is 0 Å². The summed E-state index contributed by atoms with van der Waals surface area (Å²) in [6, 6.07) is -0.0153. The molecule has 0 aromatic rings. The number of amides is 1. The van der Waals surface area contributed by atoms with Gasteiger partial charge < -0.3 is 48.5 Å². The number of nitrogens with zero attached hydrogens (tertiary/aromatic N) is 1. The van der Waals surface area contributed by atoms with Crippen LogP contribution in [0.15, 0.2) is 22.6 Å². The van der Waals surface area contributed by atoms with Crippen molar-refractivity contribution in [3.8, 4) is 0 Å². The summed E-state index contributed by atoms with van der Waals surface area (Å²) in [5.74, 6) is -1.31. The van der Waals surface area contributed by atoms with E-state index in [9.17, 15) is 24.6 Å². The third-order valence-corrected chi connectivity index (χ3v) is 10.7. The molecule has 3 heterocycles. The molecule has 4 atom stereocenters. The van der Waals surface area contributed by atoms with Gasteiger partial charge in [0.2, 0.25) is 11.6 Å². The molecule has 0 spiro atoms. The Morgan fingerprint density at radius 3 is 2.32 bits per heavy atom. The fraction of sp³-hybridized carbons (Fsp3) is 0.708. The summed E-state index contributed by atoms with van der Waals surface area (Å²) >= 11 is 0. The van der Waals surface area contributed by atoms with E-state index in [1.165, 1.54) is 14.0 Å². The van der Waals surface area contributed by atoms with Crippen molar-refractivity contribution in [3.05, 3.63) is 22.6 Å². The van der Waals surface area contributed by atoms with Gasteiger partial charge in [-0.1, -0.05) is 0 Å². The number of allylic oxidation sites excluding steroid dienone is 2. The number of hydrogen-bond donors (Lipinski definition) is 4. The van der Waals surface area contributed by atoms with Crippen LogP contribution < -0.4 is 10.6 Å². The molecule has 0 aromatic carbocycles. The smallest absolute Gasteiger partial charge is 0.489 e. The van der Waals surface area contributed by atoms with Gasteiger partial charge in [0.15, 0.2) is 11.5 Å². The van der Waals surface area contributed by atoms with Gasteiger partial charge in [-0.3, -0.25) is 9.59 Å². The van der Waals surface area contributed by atoms with Gasteiger partial charge in [0.05, 0.1) is 30.5 Å². The van der Waals surface area contributed by atoms with Crippen LogP contribution >= 0.6 is 0 Å². The number of rotatable bonds is 14. The van der Waals surface area contributed by atoms with Gasteiger partial charge in [0.25, 0.3) is 0 Å². The van der Waals surface area contributed by atoms with E-state index in [1.807, 2.05) is 20.8 Å². The number of carbonyl (C=O) groups is 3. The van der Waals surface area contributed by atoms with Gasteiger partial charge in [-0.2, -0.15) is 0 Å². The first-order valence-electron chi connectivity index (χ1n) is 12.9. The van der Waals surface area contributed by atoms with Crippen molar-refractivity contribution in [2.45, 2.75) is 63.5 Å². The molecule has 4 N–H and O–H groups in total. The van der Waals surface area contributed by atoms with E-state index < -0.39 is 50.4 Å². The molecule has 4 unspecified atom stereocenters. The highest BCUT2D eigenvalue weighted by atomic mass is 28.4. The Balaban J connectivity index is 1.61. The fourth-order valence-corrected chi connectivity index (χ4v) is 8.79. The number of piperazine rings is 1. The summed E-state index contributed by atoms with van der Waals surface area (Å²) in [4.78, 5) is 41.1. The molecule has 1 aliphatic carbocycles. The zero-order valence-corrected chi connectivity index (χ0v) is 23.4. The molecule has 0 bridgehead atoms. The molecule has 0 saturated carbocycles. The second-order valence-electron chi connectivity index (χ2n) is 9.53. The Labute approximate surface area is 222 Å².